The first kappa shape index (κ1) is 17.2. The minimum absolute atomic E-state index is 0.0960. The van der Waals surface area contributed by atoms with E-state index in [1.165, 1.54) is 6.07 Å². The number of benzene rings is 2. The molecular weight excluding hydrogens is 467 g/mol. The number of likely N-dealkylation sites (N-methyl/N-ethyl adjacent to an activating group) is 1. The standard InChI is InChI=1S/C16H15BrClFIN/c1-2-21-15(12-9-11(18)6-7-14(12)20)8-10-4-3-5-13(19)16(10)17/h3-7,9,15,21H,2,8H2,1H3. The highest BCUT2D eigenvalue weighted by Crippen LogP contribution is 2.29. The summed E-state index contributed by atoms with van der Waals surface area (Å²) in [4.78, 5) is 0. The molecule has 0 saturated carbocycles. The molecule has 2 aromatic carbocycles. The summed E-state index contributed by atoms with van der Waals surface area (Å²) in [6, 6.07) is 11.1. The number of rotatable bonds is 5. The van der Waals surface area contributed by atoms with Crippen LogP contribution in [0.1, 0.15) is 24.1 Å². The van der Waals surface area contributed by atoms with E-state index in [1.54, 1.807) is 6.07 Å². The molecule has 1 nitrogen and oxygen atoms in total. The molecule has 0 aromatic heterocycles. The maximum absolute atomic E-state index is 13.7. The van der Waals surface area contributed by atoms with Crippen molar-refractivity contribution in [1.82, 2.24) is 5.32 Å². The van der Waals surface area contributed by atoms with E-state index in [1.807, 2.05) is 24.3 Å². The number of halogens is 4. The topological polar surface area (TPSA) is 12.0 Å². The maximum atomic E-state index is 13.7. The number of hydrogen-bond acceptors (Lipinski definition) is 1. The minimum atomic E-state index is -0.233. The van der Waals surface area contributed by atoms with Crippen molar-refractivity contribution >= 4 is 50.1 Å². The Bertz CT molecular complexity index is 636. The lowest BCUT2D eigenvalue weighted by molar-refractivity contribution is 0.543. The Hall–Kier alpha value is -0.170. The third-order valence-corrected chi connectivity index (χ3v) is 5.35. The molecule has 1 N–H and O–H groups in total. The van der Waals surface area contributed by atoms with Crippen LogP contribution >= 0.6 is 50.1 Å². The molecule has 0 aliphatic heterocycles. The van der Waals surface area contributed by atoms with E-state index in [0.717, 1.165) is 21.2 Å². The molecule has 2 aromatic rings. The molecule has 0 heterocycles. The third kappa shape index (κ3) is 4.41. The Morgan fingerprint density at radius 1 is 1.33 bits per heavy atom. The molecule has 2 rings (SSSR count). The highest BCUT2D eigenvalue weighted by atomic mass is 127. The van der Waals surface area contributed by atoms with Gasteiger partial charge in [0, 0.05) is 14.6 Å². The molecule has 0 saturated heterocycles. The molecule has 0 fully saturated rings. The molecule has 5 heteroatoms. The summed E-state index contributed by atoms with van der Waals surface area (Å²) < 4.78 is 15.4. The lowest BCUT2D eigenvalue weighted by Gasteiger charge is -2.21. The Kier molecular flexibility index (Phi) is 6.47. The summed E-state index contributed by atoms with van der Waals surface area (Å²) in [6.45, 7) is 2.89. The van der Waals surface area contributed by atoms with Crippen LogP contribution in [0.3, 0.4) is 0 Å². The van der Waals surface area contributed by atoms with Gasteiger partial charge in [0.1, 0.15) is 5.82 Å². The predicted molar refractivity (Wildman–Crippen MR) is 98.4 cm³/mol. The van der Waals surface area contributed by atoms with Crippen molar-refractivity contribution in [2.24, 2.45) is 0 Å². The highest BCUT2D eigenvalue weighted by Gasteiger charge is 2.17. The summed E-state index contributed by atoms with van der Waals surface area (Å²) in [6.07, 6.45) is 0.697. The van der Waals surface area contributed by atoms with Gasteiger partial charge in [-0.2, -0.15) is 0 Å². The van der Waals surface area contributed by atoms with Gasteiger partial charge in [-0.05, 0) is 86.9 Å². The first-order valence-electron chi connectivity index (χ1n) is 6.64. The van der Waals surface area contributed by atoms with Crippen molar-refractivity contribution in [2.45, 2.75) is 19.4 Å². The first-order valence-corrected chi connectivity index (χ1v) is 8.89. The second kappa shape index (κ2) is 7.90. The smallest absolute Gasteiger partial charge is 0.137 e. The second-order valence-electron chi connectivity index (χ2n) is 4.69. The quantitative estimate of drug-likeness (QED) is 0.536. The van der Waals surface area contributed by atoms with Crippen molar-refractivity contribution in [3.8, 4) is 0 Å². The molecule has 1 unspecified atom stereocenters. The van der Waals surface area contributed by atoms with E-state index in [2.05, 4.69) is 50.8 Å². The van der Waals surface area contributed by atoms with E-state index in [9.17, 15) is 4.39 Å². The van der Waals surface area contributed by atoms with Gasteiger partial charge in [0.2, 0.25) is 0 Å². The van der Waals surface area contributed by atoms with Gasteiger partial charge in [0.15, 0.2) is 0 Å². The van der Waals surface area contributed by atoms with Crippen LogP contribution in [0.15, 0.2) is 40.9 Å². The summed E-state index contributed by atoms with van der Waals surface area (Å²) in [5.74, 6) is -0.233. The van der Waals surface area contributed by atoms with E-state index in [0.29, 0.717) is 15.9 Å². The fourth-order valence-electron chi connectivity index (χ4n) is 2.25. The van der Waals surface area contributed by atoms with Crippen molar-refractivity contribution < 1.29 is 4.39 Å². The zero-order chi connectivity index (χ0) is 15.4. The lowest BCUT2D eigenvalue weighted by Crippen LogP contribution is -2.24. The Balaban J connectivity index is 2.35. The van der Waals surface area contributed by atoms with Crippen LogP contribution in [0.4, 0.5) is 4.39 Å². The molecule has 0 aliphatic rings. The number of hydrogen-bond donors (Lipinski definition) is 1. The van der Waals surface area contributed by atoms with E-state index >= 15 is 0 Å². The van der Waals surface area contributed by atoms with Crippen LogP contribution in [0, 0.1) is 9.39 Å². The van der Waals surface area contributed by atoms with Gasteiger partial charge in [-0.1, -0.05) is 30.7 Å². The molecule has 0 spiro atoms. The van der Waals surface area contributed by atoms with Crippen LogP contribution in [0.5, 0.6) is 0 Å². The molecule has 21 heavy (non-hydrogen) atoms. The van der Waals surface area contributed by atoms with Crippen LogP contribution in [0.2, 0.25) is 5.02 Å². The third-order valence-electron chi connectivity index (χ3n) is 3.24. The Morgan fingerprint density at radius 3 is 2.81 bits per heavy atom. The van der Waals surface area contributed by atoms with Crippen LogP contribution in [0.25, 0.3) is 0 Å². The van der Waals surface area contributed by atoms with Crippen molar-refractivity contribution in [1.29, 1.82) is 0 Å². The molecule has 1 atom stereocenters. The molecule has 0 aliphatic carbocycles. The van der Waals surface area contributed by atoms with Gasteiger partial charge in [0.05, 0.1) is 4.47 Å². The largest absolute Gasteiger partial charge is 0.310 e. The van der Waals surface area contributed by atoms with Crippen LogP contribution in [-0.2, 0) is 6.42 Å². The highest BCUT2D eigenvalue weighted by molar-refractivity contribution is 14.1. The lowest BCUT2D eigenvalue weighted by atomic mass is 9.98. The van der Waals surface area contributed by atoms with E-state index < -0.39 is 0 Å². The van der Waals surface area contributed by atoms with Crippen molar-refractivity contribution in [3.63, 3.8) is 0 Å². The van der Waals surface area contributed by atoms with Gasteiger partial charge >= 0.3 is 0 Å². The molecular formula is C16H15BrClFIN. The normalized spacial score (nSPS) is 12.4. The van der Waals surface area contributed by atoms with E-state index in [-0.39, 0.29) is 11.9 Å². The van der Waals surface area contributed by atoms with Gasteiger partial charge in [-0.15, -0.1) is 0 Å². The molecule has 0 bridgehead atoms. The Labute approximate surface area is 151 Å². The van der Waals surface area contributed by atoms with Crippen LogP contribution < -0.4 is 5.32 Å². The predicted octanol–water partition coefficient (Wildman–Crippen LogP) is 5.74. The Morgan fingerprint density at radius 2 is 2.10 bits per heavy atom. The van der Waals surface area contributed by atoms with Gasteiger partial charge in [-0.25, -0.2) is 4.39 Å². The van der Waals surface area contributed by atoms with Gasteiger partial charge < -0.3 is 5.32 Å². The van der Waals surface area contributed by atoms with Crippen molar-refractivity contribution in [2.75, 3.05) is 6.54 Å². The van der Waals surface area contributed by atoms with Crippen LogP contribution in [-0.4, -0.2) is 6.54 Å². The number of nitrogens with one attached hydrogen (secondary N) is 1. The first-order chi connectivity index (χ1) is 10.0. The second-order valence-corrected chi connectivity index (χ2v) is 7.08. The van der Waals surface area contributed by atoms with Gasteiger partial charge in [0.25, 0.3) is 0 Å². The molecule has 0 amide bonds. The fraction of sp³-hybridized carbons (Fsp3) is 0.250. The summed E-state index contributed by atoms with van der Waals surface area (Å²) >= 11 is 11.8. The SMILES string of the molecule is CCNC(Cc1cccc(F)c1Br)c1cc(Cl)ccc1I. The van der Waals surface area contributed by atoms with Crippen molar-refractivity contribution in [3.05, 3.63) is 66.4 Å². The minimum Gasteiger partial charge on any atom is -0.310 e. The average Bonchev–Trinajstić information content (AvgIpc) is 2.46. The average molecular weight is 483 g/mol. The zero-order valence-electron chi connectivity index (χ0n) is 11.5. The summed E-state index contributed by atoms with van der Waals surface area (Å²) in [7, 11) is 0. The molecule has 0 radical (unpaired) electrons. The zero-order valence-corrected chi connectivity index (χ0v) is 16.0. The van der Waals surface area contributed by atoms with Gasteiger partial charge in [-0.3, -0.25) is 0 Å². The molecule has 112 valence electrons. The monoisotopic (exact) mass is 481 g/mol. The van der Waals surface area contributed by atoms with E-state index in [4.69, 9.17) is 11.6 Å². The summed E-state index contributed by atoms with van der Waals surface area (Å²) in [5.41, 5.74) is 2.08. The fourth-order valence-corrected chi connectivity index (χ4v) is 3.56. The maximum Gasteiger partial charge on any atom is 0.137 e. The summed E-state index contributed by atoms with van der Waals surface area (Å²) in [5, 5.41) is 4.17.